The van der Waals surface area contributed by atoms with Gasteiger partial charge in [0.25, 0.3) is 5.56 Å². The molecule has 0 aliphatic heterocycles. The van der Waals surface area contributed by atoms with Crippen molar-refractivity contribution < 1.29 is 0 Å². The van der Waals surface area contributed by atoms with E-state index in [1.807, 2.05) is 30.5 Å². The maximum absolute atomic E-state index is 12.3. The summed E-state index contributed by atoms with van der Waals surface area (Å²) in [4.78, 5) is 12.3. The Morgan fingerprint density at radius 1 is 1.11 bits per heavy atom. The van der Waals surface area contributed by atoms with E-state index in [-0.39, 0.29) is 5.56 Å². The zero-order chi connectivity index (χ0) is 12.5. The number of halogens is 1. The first-order valence-corrected chi connectivity index (χ1v) is 6.57. The predicted octanol–water partition coefficient (Wildman–Crippen LogP) is 3.04. The van der Waals surface area contributed by atoms with Crippen molar-refractivity contribution in [3.63, 3.8) is 0 Å². The van der Waals surface area contributed by atoms with Crippen LogP contribution in [-0.2, 0) is 19.4 Å². The number of benzene rings is 1. The summed E-state index contributed by atoms with van der Waals surface area (Å²) < 4.78 is 1.79. The molecule has 3 heteroatoms. The maximum Gasteiger partial charge on any atom is 0.254 e. The second-order valence-corrected chi connectivity index (χ2v) is 5.17. The van der Waals surface area contributed by atoms with E-state index in [0.29, 0.717) is 6.54 Å². The molecule has 0 bridgehead atoms. The number of nitrogens with zero attached hydrogens (tertiary/aromatic N) is 1. The molecule has 0 N–H and O–H groups in total. The molecule has 3 rings (SSSR count). The summed E-state index contributed by atoms with van der Waals surface area (Å²) in [5, 5.41) is 0.722. The lowest BCUT2D eigenvalue weighted by Gasteiger charge is -2.08. The predicted molar refractivity (Wildman–Crippen MR) is 73.3 cm³/mol. The quantitative estimate of drug-likeness (QED) is 0.813. The van der Waals surface area contributed by atoms with Crippen molar-refractivity contribution in [1.82, 2.24) is 4.57 Å². The van der Waals surface area contributed by atoms with Crippen molar-refractivity contribution in [2.45, 2.75) is 25.8 Å². The molecular formula is C15H14ClNO. The normalized spacial score (nSPS) is 13.6. The largest absolute Gasteiger partial charge is 0.311 e. The number of aromatic nitrogens is 1. The van der Waals surface area contributed by atoms with E-state index in [1.54, 1.807) is 4.57 Å². The van der Waals surface area contributed by atoms with Gasteiger partial charge in [0.15, 0.2) is 0 Å². The lowest BCUT2D eigenvalue weighted by atomic mass is 10.1. The van der Waals surface area contributed by atoms with E-state index < -0.39 is 0 Å². The minimum Gasteiger partial charge on any atom is -0.311 e. The highest BCUT2D eigenvalue weighted by Gasteiger charge is 2.15. The molecule has 2 nitrogen and oxygen atoms in total. The molecule has 0 amide bonds. The molecule has 2 aromatic rings. The van der Waals surface area contributed by atoms with E-state index in [4.69, 9.17) is 11.6 Å². The number of rotatable bonds is 2. The first-order chi connectivity index (χ1) is 8.74. The zero-order valence-electron chi connectivity index (χ0n) is 10.0. The van der Waals surface area contributed by atoms with Crippen molar-refractivity contribution in [1.29, 1.82) is 0 Å². The van der Waals surface area contributed by atoms with Gasteiger partial charge in [0.05, 0.1) is 6.54 Å². The van der Waals surface area contributed by atoms with Crippen LogP contribution >= 0.6 is 11.6 Å². The number of hydrogen-bond acceptors (Lipinski definition) is 1. The Morgan fingerprint density at radius 3 is 2.67 bits per heavy atom. The van der Waals surface area contributed by atoms with Gasteiger partial charge in [-0.25, -0.2) is 0 Å². The molecule has 18 heavy (non-hydrogen) atoms. The van der Waals surface area contributed by atoms with Gasteiger partial charge in [0, 0.05) is 16.8 Å². The van der Waals surface area contributed by atoms with Crippen LogP contribution in [0.4, 0.5) is 0 Å². The SMILES string of the molecule is O=c1c2c(ccn1Cc1ccc(Cl)cc1)CCC2. The Kier molecular flexibility index (Phi) is 2.96. The summed E-state index contributed by atoms with van der Waals surface area (Å²) >= 11 is 5.85. The molecule has 1 aromatic heterocycles. The van der Waals surface area contributed by atoms with Gasteiger partial charge in [-0.3, -0.25) is 4.79 Å². The number of pyridine rings is 1. The smallest absolute Gasteiger partial charge is 0.254 e. The third-order valence-electron chi connectivity index (χ3n) is 3.50. The average Bonchev–Trinajstić information content (AvgIpc) is 2.84. The Hall–Kier alpha value is -1.54. The van der Waals surface area contributed by atoms with E-state index in [2.05, 4.69) is 6.07 Å². The highest BCUT2D eigenvalue weighted by Crippen LogP contribution is 2.18. The van der Waals surface area contributed by atoms with Crippen molar-refractivity contribution >= 4 is 11.6 Å². The van der Waals surface area contributed by atoms with Crippen LogP contribution in [0.25, 0.3) is 0 Å². The minimum absolute atomic E-state index is 0.167. The topological polar surface area (TPSA) is 22.0 Å². The second kappa shape index (κ2) is 4.62. The van der Waals surface area contributed by atoms with Gasteiger partial charge in [-0.2, -0.15) is 0 Å². The van der Waals surface area contributed by atoms with Gasteiger partial charge in [-0.05, 0) is 48.6 Å². The van der Waals surface area contributed by atoms with Crippen molar-refractivity contribution in [3.05, 3.63) is 68.6 Å². The monoisotopic (exact) mass is 259 g/mol. The van der Waals surface area contributed by atoms with Crippen LogP contribution in [0.1, 0.15) is 23.1 Å². The van der Waals surface area contributed by atoms with Crippen molar-refractivity contribution in [2.24, 2.45) is 0 Å². The molecule has 1 heterocycles. The van der Waals surface area contributed by atoms with Crippen LogP contribution in [0, 0.1) is 0 Å². The number of aryl methyl sites for hydroxylation is 1. The first kappa shape index (κ1) is 11.5. The standard InChI is InChI=1S/C15H14ClNO/c16-13-6-4-11(5-7-13)10-17-9-8-12-2-1-3-14(12)15(17)18/h4-9H,1-3,10H2. The van der Waals surface area contributed by atoms with Gasteiger partial charge >= 0.3 is 0 Å². The highest BCUT2D eigenvalue weighted by atomic mass is 35.5. The molecule has 92 valence electrons. The number of hydrogen-bond donors (Lipinski definition) is 0. The van der Waals surface area contributed by atoms with E-state index >= 15 is 0 Å². The van der Waals surface area contributed by atoms with Crippen LogP contribution in [0.15, 0.2) is 41.3 Å². The lowest BCUT2D eigenvalue weighted by Crippen LogP contribution is -2.23. The van der Waals surface area contributed by atoms with Crippen LogP contribution in [0.3, 0.4) is 0 Å². The first-order valence-electron chi connectivity index (χ1n) is 6.20. The molecule has 0 radical (unpaired) electrons. The van der Waals surface area contributed by atoms with Gasteiger partial charge in [-0.1, -0.05) is 23.7 Å². The molecule has 1 aromatic carbocycles. The van der Waals surface area contributed by atoms with Crippen LogP contribution < -0.4 is 5.56 Å². The molecule has 1 aliphatic carbocycles. The summed E-state index contributed by atoms with van der Waals surface area (Å²) in [6.45, 7) is 0.614. The molecule has 0 saturated heterocycles. The van der Waals surface area contributed by atoms with Crippen molar-refractivity contribution in [3.8, 4) is 0 Å². The summed E-state index contributed by atoms with van der Waals surface area (Å²) in [5.41, 5.74) is 3.50. The molecule has 1 aliphatic rings. The molecule has 0 atom stereocenters. The molecule has 0 saturated carbocycles. The Morgan fingerprint density at radius 2 is 1.89 bits per heavy atom. The minimum atomic E-state index is 0.167. The lowest BCUT2D eigenvalue weighted by molar-refractivity contribution is 0.747. The van der Waals surface area contributed by atoms with Gasteiger partial charge in [0.2, 0.25) is 0 Å². The second-order valence-electron chi connectivity index (χ2n) is 4.73. The van der Waals surface area contributed by atoms with Crippen LogP contribution in [-0.4, -0.2) is 4.57 Å². The van der Waals surface area contributed by atoms with Gasteiger partial charge in [0.1, 0.15) is 0 Å². The van der Waals surface area contributed by atoms with Crippen molar-refractivity contribution in [2.75, 3.05) is 0 Å². The third kappa shape index (κ3) is 2.08. The molecule has 0 fully saturated rings. The van der Waals surface area contributed by atoms with E-state index in [0.717, 1.165) is 35.4 Å². The Balaban J connectivity index is 1.94. The summed E-state index contributed by atoms with van der Waals surface area (Å²) in [5.74, 6) is 0. The fourth-order valence-electron chi connectivity index (χ4n) is 2.53. The van der Waals surface area contributed by atoms with Gasteiger partial charge < -0.3 is 4.57 Å². The molecule has 0 spiro atoms. The van der Waals surface area contributed by atoms with E-state index in [9.17, 15) is 4.79 Å². The maximum atomic E-state index is 12.3. The average molecular weight is 260 g/mol. The summed E-state index contributed by atoms with van der Waals surface area (Å²) in [7, 11) is 0. The zero-order valence-corrected chi connectivity index (χ0v) is 10.8. The number of fused-ring (bicyclic) bond motifs is 1. The van der Waals surface area contributed by atoms with E-state index in [1.165, 1.54) is 5.56 Å². The molecule has 0 unspecified atom stereocenters. The van der Waals surface area contributed by atoms with Crippen LogP contribution in [0.5, 0.6) is 0 Å². The molecular weight excluding hydrogens is 246 g/mol. The third-order valence-corrected chi connectivity index (χ3v) is 3.75. The highest BCUT2D eigenvalue weighted by molar-refractivity contribution is 6.30. The fraction of sp³-hybridized carbons (Fsp3) is 0.267. The van der Waals surface area contributed by atoms with Crippen LogP contribution in [0.2, 0.25) is 5.02 Å². The summed E-state index contributed by atoms with van der Waals surface area (Å²) in [6.07, 6.45) is 4.98. The fourth-order valence-corrected chi connectivity index (χ4v) is 2.65. The Labute approximate surface area is 111 Å². The Bertz CT molecular complexity index is 628. The summed E-state index contributed by atoms with van der Waals surface area (Å²) in [6, 6.07) is 9.72. The van der Waals surface area contributed by atoms with Gasteiger partial charge in [-0.15, -0.1) is 0 Å².